The Balaban J connectivity index is 1.81. The van der Waals surface area contributed by atoms with E-state index in [1.54, 1.807) is 18.2 Å². The quantitative estimate of drug-likeness (QED) is 0.812. The number of halogens is 2. The van der Waals surface area contributed by atoms with Crippen LogP contribution in [0.1, 0.15) is 16.8 Å². The van der Waals surface area contributed by atoms with Gasteiger partial charge in [-0.3, -0.25) is 4.79 Å². The zero-order chi connectivity index (χ0) is 18.0. The number of benzene rings is 2. The van der Waals surface area contributed by atoms with Crippen LogP contribution in [-0.2, 0) is 9.84 Å². The van der Waals surface area contributed by atoms with Crippen LogP contribution in [0, 0.1) is 5.82 Å². The molecule has 1 atom stereocenters. The molecule has 1 fully saturated rings. The van der Waals surface area contributed by atoms with Crippen molar-refractivity contribution in [1.82, 2.24) is 5.32 Å². The first kappa shape index (κ1) is 17.9. The van der Waals surface area contributed by atoms with E-state index >= 15 is 0 Å². The molecule has 8 heteroatoms. The Morgan fingerprint density at radius 2 is 1.92 bits per heavy atom. The molecule has 1 aliphatic heterocycles. The molecule has 1 aliphatic rings. The number of nitrogens with one attached hydrogen (secondary N) is 1. The average Bonchev–Trinajstić information content (AvgIpc) is 2.88. The van der Waals surface area contributed by atoms with E-state index in [9.17, 15) is 17.6 Å². The first-order valence-corrected chi connectivity index (χ1v) is 10.2. The molecule has 0 spiro atoms. The summed E-state index contributed by atoms with van der Waals surface area (Å²) in [6, 6.07) is 9.94. The number of sulfone groups is 1. The second-order valence-corrected chi connectivity index (χ2v) is 8.91. The molecule has 0 bridgehead atoms. The molecule has 1 saturated heterocycles. The molecular weight excluding hydrogens is 413 g/mol. The van der Waals surface area contributed by atoms with E-state index in [1.165, 1.54) is 24.3 Å². The van der Waals surface area contributed by atoms with Gasteiger partial charge in [0.15, 0.2) is 9.84 Å². The van der Waals surface area contributed by atoms with E-state index in [4.69, 9.17) is 4.74 Å². The average molecular weight is 428 g/mol. The van der Waals surface area contributed by atoms with Gasteiger partial charge < -0.3 is 10.1 Å². The predicted octanol–water partition coefficient (Wildman–Crippen LogP) is 3.30. The number of hydrogen-bond acceptors (Lipinski definition) is 4. The Labute approximate surface area is 153 Å². The van der Waals surface area contributed by atoms with Gasteiger partial charge in [0, 0.05) is 10.5 Å². The molecule has 2 aromatic rings. The second-order valence-electron chi connectivity index (χ2n) is 5.77. The van der Waals surface area contributed by atoms with Crippen LogP contribution >= 0.6 is 15.9 Å². The number of carbonyl (C=O) groups is 1. The maximum Gasteiger partial charge on any atom is 0.255 e. The SMILES string of the molecule is O=C(N[C@H]1CCS(=O)(=O)C1)c1ccc(Br)cc1Oc1ccc(F)cc1. The van der Waals surface area contributed by atoms with E-state index < -0.39 is 21.8 Å². The van der Waals surface area contributed by atoms with Crippen LogP contribution in [0.15, 0.2) is 46.9 Å². The van der Waals surface area contributed by atoms with Gasteiger partial charge in [-0.1, -0.05) is 15.9 Å². The molecule has 0 radical (unpaired) electrons. The molecule has 0 aliphatic carbocycles. The lowest BCUT2D eigenvalue weighted by Crippen LogP contribution is -2.35. The van der Waals surface area contributed by atoms with Gasteiger partial charge in [0.1, 0.15) is 17.3 Å². The molecule has 25 heavy (non-hydrogen) atoms. The van der Waals surface area contributed by atoms with Crippen molar-refractivity contribution in [3.63, 3.8) is 0 Å². The van der Waals surface area contributed by atoms with Crippen molar-refractivity contribution in [3.05, 3.63) is 58.3 Å². The molecule has 1 N–H and O–H groups in total. The summed E-state index contributed by atoms with van der Waals surface area (Å²) in [5.74, 6) is -0.0919. The minimum absolute atomic E-state index is 0.0522. The van der Waals surface area contributed by atoms with Crippen LogP contribution in [-0.4, -0.2) is 31.9 Å². The van der Waals surface area contributed by atoms with E-state index in [0.29, 0.717) is 22.4 Å². The van der Waals surface area contributed by atoms with Gasteiger partial charge in [0.25, 0.3) is 5.91 Å². The highest BCUT2D eigenvalue weighted by molar-refractivity contribution is 9.10. The highest BCUT2D eigenvalue weighted by Crippen LogP contribution is 2.29. The summed E-state index contributed by atoms with van der Waals surface area (Å²) in [4.78, 5) is 12.5. The van der Waals surface area contributed by atoms with Gasteiger partial charge in [-0.25, -0.2) is 12.8 Å². The first-order valence-electron chi connectivity index (χ1n) is 7.57. The number of amides is 1. The van der Waals surface area contributed by atoms with Gasteiger partial charge in [-0.05, 0) is 48.9 Å². The zero-order valence-corrected chi connectivity index (χ0v) is 15.4. The van der Waals surface area contributed by atoms with E-state index in [0.717, 1.165) is 0 Å². The molecule has 2 aromatic carbocycles. The second kappa shape index (κ2) is 7.13. The Kier molecular flexibility index (Phi) is 5.10. The third kappa shape index (κ3) is 4.58. The molecule has 0 aromatic heterocycles. The van der Waals surface area contributed by atoms with Crippen molar-refractivity contribution in [2.45, 2.75) is 12.5 Å². The zero-order valence-electron chi connectivity index (χ0n) is 13.0. The summed E-state index contributed by atoms with van der Waals surface area (Å²) in [7, 11) is -3.08. The van der Waals surface area contributed by atoms with Crippen LogP contribution in [0.3, 0.4) is 0 Å². The molecule has 1 heterocycles. The van der Waals surface area contributed by atoms with Crippen molar-refractivity contribution >= 4 is 31.7 Å². The monoisotopic (exact) mass is 427 g/mol. The lowest BCUT2D eigenvalue weighted by Gasteiger charge is -2.14. The van der Waals surface area contributed by atoms with Crippen LogP contribution in [0.5, 0.6) is 11.5 Å². The lowest BCUT2D eigenvalue weighted by atomic mass is 10.1. The molecular formula is C17H15BrFNO4S. The van der Waals surface area contributed by atoms with Gasteiger partial charge in [0.05, 0.1) is 17.1 Å². The maximum absolute atomic E-state index is 13.0. The summed E-state index contributed by atoms with van der Waals surface area (Å²) >= 11 is 3.32. The van der Waals surface area contributed by atoms with Gasteiger partial charge in [-0.2, -0.15) is 0 Å². The standard InChI is InChI=1S/C17H15BrFNO4S/c18-11-1-6-15(17(21)20-13-7-8-25(22,23)10-13)16(9-11)24-14-4-2-12(19)3-5-14/h1-6,9,13H,7-8,10H2,(H,20,21)/t13-/m0/s1. The summed E-state index contributed by atoms with van der Waals surface area (Å²) in [6.07, 6.45) is 0.402. The fraction of sp³-hybridized carbons (Fsp3) is 0.235. The number of hydrogen-bond donors (Lipinski definition) is 1. The fourth-order valence-corrected chi connectivity index (χ4v) is 4.58. The third-order valence-electron chi connectivity index (χ3n) is 3.80. The van der Waals surface area contributed by atoms with E-state index in [1.807, 2.05) is 0 Å². The number of rotatable bonds is 4. The Morgan fingerprint density at radius 3 is 2.56 bits per heavy atom. The molecule has 0 unspecified atom stereocenters. The van der Waals surface area contributed by atoms with Crippen molar-refractivity contribution < 1.29 is 22.3 Å². The molecule has 132 valence electrons. The Morgan fingerprint density at radius 1 is 1.20 bits per heavy atom. The van der Waals surface area contributed by atoms with Gasteiger partial charge in [-0.15, -0.1) is 0 Å². The summed E-state index contributed by atoms with van der Waals surface area (Å²) < 4.78 is 42.5. The van der Waals surface area contributed by atoms with E-state index in [-0.39, 0.29) is 22.9 Å². The normalized spacial score (nSPS) is 18.7. The highest BCUT2D eigenvalue weighted by atomic mass is 79.9. The van der Waals surface area contributed by atoms with Crippen LogP contribution < -0.4 is 10.1 Å². The van der Waals surface area contributed by atoms with Crippen molar-refractivity contribution in [3.8, 4) is 11.5 Å². The van der Waals surface area contributed by atoms with Crippen LogP contribution in [0.4, 0.5) is 4.39 Å². The largest absolute Gasteiger partial charge is 0.456 e. The smallest absolute Gasteiger partial charge is 0.255 e. The summed E-state index contributed by atoms with van der Waals surface area (Å²) in [6.45, 7) is 0. The van der Waals surface area contributed by atoms with Crippen molar-refractivity contribution in [2.75, 3.05) is 11.5 Å². The third-order valence-corrected chi connectivity index (χ3v) is 6.06. The Bertz CT molecular complexity index is 899. The topological polar surface area (TPSA) is 72.5 Å². The lowest BCUT2D eigenvalue weighted by molar-refractivity contribution is 0.0939. The molecule has 1 amide bonds. The minimum Gasteiger partial charge on any atom is -0.456 e. The number of ether oxygens (including phenoxy) is 1. The minimum atomic E-state index is -3.08. The molecule has 3 rings (SSSR count). The highest BCUT2D eigenvalue weighted by Gasteiger charge is 2.29. The first-order chi connectivity index (χ1) is 11.8. The maximum atomic E-state index is 13.0. The van der Waals surface area contributed by atoms with Gasteiger partial charge >= 0.3 is 0 Å². The fourth-order valence-electron chi connectivity index (χ4n) is 2.57. The van der Waals surface area contributed by atoms with E-state index in [2.05, 4.69) is 21.2 Å². The summed E-state index contributed by atoms with van der Waals surface area (Å²) in [5, 5.41) is 2.73. The van der Waals surface area contributed by atoms with Gasteiger partial charge in [0.2, 0.25) is 0 Å². The summed E-state index contributed by atoms with van der Waals surface area (Å²) in [5.41, 5.74) is 0.275. The molecule has 0 saturated carbocycles. The van der Waals surface area contributed by atoms with Crippen LogP contribution in [0.2, 0.25) is 0 Å². The number of carbonyl (C=O) groups excluding carboxylic acids is 1. The van der Waals surface area contributed by atoms with Crippen LogP contribution in [0.25, 0.3) is 0 Å². The molecule has 5 nitrogen and oxygen atoms in total. The Hall–Kier alpha value is -1.93. The van der Waals surface area contributed by atoms with Crippen molar-refractivity contribution in [1.29, 1.82) is 0 Å². The van der Waals surface area contributed by atoms with Crippen molar-refractivity contribution in [2.24, 2.45) is 0 Å². The predicted molar refractivity (Wildman–Crippen MR) is 95.1 cm³/mol.